The van der Waals surface area contributed by atoms with Gasteiger partial charge in [-0.15, -0.1) is 0 Å². The number of rotatable bonds is 6. The summed E-state index contributed by atoms with van der Waals surface area (Å²) in [6, 6.07) is 1.01. The van der Waals surface area contributed by atoms with Crippen LogP contribution >= 0.6 is 0 Å². The van der Waals surface area contributed by atoms with Gasteiger partial charge in [0.05, 0.1) is 11.0 Å². The van der Waals surface area contributed by atoms with Crippen LogP contribution < -0.4 is 5.32 Å². The van der Waals surface area contributed by atoms with Gasteiger partial charge in [-0.25, -0.2) is 4.98 Å². The van der Waals surface area contributed by atoms with E-state index in [2.05, 4.69) is 25.0 Å². The van der Waals surface area contributed by atoms with Crippen LogP contribution in [0.4, 0.5) is 24.7 Å². The summed E-state index contributed by atoms with van der Waals surface area (Å²) >= 11 is 0. The van der Waals surface area contributed by atoms with Crippen LogP contribution in [0, 0.1) is 10.1 Å². The summed E-state index contributed by atoms with van der Waals surface area (Å²) in [4.78, 5) is 17.4. The molecule has 2 aromatic heterocycles. The molecule has 130 valence electrons. The van der Waals surface area contributed by atoms with E-state index >= 15 is 0 Å². The van der Waals surface area contributed by atoms with Crippen molar-refractivity contribution in [3.05, 3.63) is 28.3 Å². The molecule has 0 amide bonds. The van der Waals surface area contributed by atoms with Crippen LogP contribution in [-0.4, -0.2) is 39.8 Å². The van der Waals surface area contributed by atoms with Crippen LogP contribution in [-0.2, 0) is 10.9 Å². The second-order valence-corrected chi connectivity index (χ2v) is 4.70. The summed E-state index contributed by atoms with van der Waals surface area (Å²) in [5.41, 5.74) is -0.513. The Balaban J connectivity index is 2.31. The summed E-state index contributed by atoms with van der Waals surface area (Å²) in [5, 5.41) is 17.0. The second-order valence-electron chi connectivity index (χ2n) is 4.70. The number of nitrogens with zero attached hydrogens (tertiary/aromatic N) is 4. The molecule has 0 fully saturated rings. The number of methoxy groups -OCH3 is 1. The summed E-state index contributed by atoms with van der Waals surface area (Å²) < 4.78 is 46.5. The lowest BCUT2D eigenvalue weighted by molar-refractivity contribution is -0.384. The molecule has 0 aliphatic heterocycles. The van der Waals surface area contributed by atoms with E-state index in [1.807, 2.05) is 0 Å². The first-order valence-electron chi connectivity index (χ1n) is 6.54. The summed E-state index contributed by atoms with van der Waals surface area (Å²) in [5.74, 6) is -2.04. The first-order chi connectivity index (χ1) is 11.2. The first-order valence-corrected chi connectivity index (χ1v) is 6.54. The van der Waals surface area contributed by atoms with E-state index in [4.69, 9.17) is 4.74 Å². The van der Waals surface area contributed by atoms with Gasteiger partial charge in [-0.05, 0) is 6.92 Å². The van der Waals surface area contributed by atoms with Crippen molar-refractivity contribution in [3.63, 3.8) is 0 Å². The maximum atomic E-state index is 12.5. The van der Waals surface area contributed by atoms with E-state index in [9.17, 15) is 23.3 Å². The van der Waals surface area contributed by atoms with E-state index in [0.29, 0.717) is 0 Å². The molecule has 0 radical (unpaired) electrons. The van der Waals surface area contributed by atoms with E-state index in [0.717, 1.165) is 12.3 Å². The fraction of sp³-hybridized carbons (Fsp3) is 0.417. The number of hydrogen-bond acceptors (Lipinski definition) is 8. The molecule has 0 bridgehead atoms. The van der Waals surface area contributed by atoms with Crippen molar-refractivity contribution in [2.45, 2.75) is 19.2 Å². The van der Waals surface area contributed by atoms with Crippen LogP contribution in [0.2, 0.25) is 0 Å². The average Bonchev–Trinajstić information content (AvgIpc) is 3.02. The summed E-state index contributed by atoms with van der Waals surface area (Å²) in [7, 11) is 1.48. The van der Waals surface area contributed by atoms with Gasteiger partial charge < -0.3 is 14.6 Å². The van der Waals surface area contributed by atoms with Crippen molar-refractivity contribution >= 4 is 11.5 Å². The molecule has 0 unspecified atom stereocenters. The zero-order chi connectivity index (χ0) is 17.9. The van der Waals surface area contributed by atoms with E-state index in [-0.39, 0.29) is 24.0 Å². The van der Waals surface area contributed by atoms with Crippen LogP contribution in [0.3, 0.4) is 0 Å². The van der Waals surface area contributed by atoms with Crippen molar-refractivity contribution < 1.29 is 27.4 Å². The average molecular weight is 347 g/mol. The third-order valence-corrected chi connectivity index (χ3v) is 2.95. The normalized spacial score (nSPS) is 12.9. The predicted octanol–water partition coefficient (Wildman–Crippen LogP) is 2.51. The van der Waals surface area contributed by atoms with Crippen molar-refractivity contribution in [1.29, 1.82) is 0 Å². The molecule has 0 spiro atoms. The number of aromatic nitrogens is 3. The minimum Gasteiger partial charge on any atom is -0.380 e. The van der Waals surface area contributed by atoms with E-state index in [1.165, 1.54) is 7.11 Å². The molecular formula is C12H12F3N5O4. The van der Waals surface area contributed by atoms with Gasteiger partial charge in [-0.2, -0.15) is 18.2 Å². The van der Waals surface area contributed by atoms with Crippen LogP contribution in [0.1, 0.15) is 12.8 Å². The van der Waals surface area contributed by atoms with Crippen LogP contribution in [0.5, 0.6) is 0 Å². The molecule has 1 N–H and O–H groups in total. The lowest BCUT2D eigenvalue weighted by Gasteiger charge is -2.11. The molecule has 9 nitrogen and oxygen atoms in total. The molecule has 0 saturated heterocycles. The third kappa shape index (κ3) is 3.95. The van der Waals surface area contributed by atoms with Crippen molar-refractivity contribution in [2.24, 2.45) is 0 Å². The number of alkyl halides is 3. The summed E-state index contributed by atoms with van der Waals surface area (Å²) in [6.07, 6.45) is -3.92. The number of halogens is 3. The number of pyridine rings is 1. The Kier molecular flexibility index (Phi) is 4.97. The molecule has 1 atom stereocenters. The second kappa shape index (κ2) is 6.78. The maximum absolute atomic E-state index is 12.5. The van der Waals surface area contributed by atoms with Crippen molar-refractivity contribution in [3.8, 4) is 11.4 Å². The van der Waals surface area contributed by atoms with Crippen LogP contribution in [0.25, 0.3) is 11.4 Å². The molecule has 24 heavy (non-hydrogen) atoms. The Morgan fingerprint density at radius 2 is 2.21 bits per heavy atom. The zero-order valence-electron chi connectivity index (χ0n) is 12.5. The first kappa shape index (κ1) is 17.6. The van der Waals surface area contributed by atoms with Gasteiger partial charge in [0.25, 0.3) is 0 Å². The largest absolute Gasteiger partial charge is 0.471 e. The van der Waals surface area contributed by atoms with E-state index in [1.54, 1.807) is 6.92 Å². The SMILES string of the molecule is CO[C@@H](C)CNc1ncc(-c2noc(C(F)(F)F)n2)cc1[N+](=O)[O-]. The fourth-order valence-electron chi connectivity index (χ4n) is 1.63. The number of nitro groups is 1. The Hall–Kier alpha value is -2.76. The van der Waals surface area contributed by atoms with Crippen molar-refractivity contribution in [1.82, 2.24) is 15.1 Å². The van der Waals surface area contributed by atoms with Gasteiger partial charge in [0.1, 0.15) is 0 Å². The Morgan fingerprint density at radius 3 is 2.75 bits per heavy atom. The highest BCUT2D eigenvalue weighted by Crippen LogP contribution is 2.31. The van der Waals surface area contributed by atoms with Crippen molar-refractivity contribution in [2.75, 3.05) is 19.0 Å². The lowest BCUT2D eigenvalue weighted by Crippen LogP contribution is -2.19. The topological polar surface area (TPSA) is 116 Å². The predicted molar refractivity (Wildman–Crippen MR) is 74.1 cm³/mol. The quantitative estimate of drug-likeness (QED) is 0.626. The van der Waals surface area contributed by atoms with Gasteiger partial charge in [-0.1, -0.05) is 5.16 Å². The Labute approximate surface area is 133 Å². The highest BCUT2D eigenvalue weighted by atomic mass is 19.4. The minimum atomic E-state index is -4.80. The molecule has 0 aliphatic rings. The van der Waals surface area contributed by atoms with Gasteiger partial charge in [0.2, 0.25) is 11.6 Å². The molecule has 2 aromatic rings. The third-order valence-electron chi connectivity index (χ3n) is 2.95. The van der Waals surface area contributed by atoms with Gasteiger partial charge in [0.15, 0.2) is 0 Å². The van der Waals surface area contributed by atoms with Crippen LogP contribution in [0.15, 0.2) is 16.8 Å². The Bertz CT molecular complexity index is 734. The monoisotopic (exact) mass is 347 g/mol. The molecule has 0 aliphatic carbocycles. The molecule has 0 aromatic carbocycles. The van der Waals surface area contributed by atoms with Gasteiger partial charge >= 0.3 is 17.8 Å². The molecular weight excluding hydrogens is 335 g/mol. The van der Waals surface area contributed by atoms with Gasteiger partial charge in [-0.3, -0.25) is 10.1 Å². The fourth-order valence-corrected chi connectivity index (χ4v) is 1.63. The molecule has 12 heteroatoms. The smallest absolute Gasteiger partial charge is 0.380 e. The minimum absolute atomic E-state index is 0.0489. The summed E-state index contributed by atoms with van der Waals surface area (Å²) in [6.45, 7) is 2.00. The molecule has 2 rings (SSSR count). The number of nitrogens with one attached hydrogen (secondary N) is 1. The highest BCUT2D eigenvalue weighted by Gasteiger charge is 2.38. The number of anilines is 1. The highest BCUT2D eigenvalue weighted by molar-refractivity contribution is 5.65. The number of hydrogen-bond donors (Lipinski definition) is 1. The maximum Gasteiger partial charge on any atom is 0.471 e. The van der Waals surface area contributed by atoms with Gasteiger partial charge in [0, 0.05) is 31.5 Å². The van der Waals surface area contributed by atoms with E-state index < -0.39 is 28.5 Å². The zero-order valence-corrected chi connectivity index (χ0v) is 12.5. The Morgan fingerprint density at radius 1 is 1.50 bits per heavy atom. The standard InChI is InChI=1S/C12H12F3N5O4/c1-6(23-2)4-16-10-8(20(21)22)3-7(5-17-10)9-18-11(24-19-9)12(13,14)15/h3,5-6H,4H2,1-2H3,(H,16,17)/t6-/m0/s1. The molecule has 0 saturated carbocycles. The molecule has 2 heterocycles. The number of ether oxygens (including phenoxy) is 1. The lowest BCUT2D eigenvalue weighted by atomic mass is 10.2.